The second-order valence-corrected chi connectivity index (χ2v) is 16.1. The number of aromatic amines is 2. The average Bonchev–Trinajstić information content (AvgIpc) is 4.07. The number of nitrogens with one attached hydrogen (secondary N) is 4. The van der Waals surface area contributed by atoms with Crippen molar-refractivity contribution in [3.63, 3.8) is 0 Å². The number of hydrogen-bond donors (Lipinski definition) is 4. The highest BCUT2D eigenvalue weighted by Gasteiger charge is 2.63. The zero-order valence-electron chi connectivity index (χ0n) is 34.1. The quantitative estimate of drug-likeness (QED) is 0.119. The Morgan fingerprint density at radius 1 is 0.683 bits per heavy atom. The van der Waals surface area contributed by atoms with Crippen LogP contribution in [0.4, 0.5) is 27.2 Å². The summed E-state index contributed by atoms with van der Waals surface area (Å²) in [4.78, 5) is 69.5. The highest BCUT2D eigenvalue weighted by molar-refractivity contribution is 5.87. The maximum Gasteiger partial charge on any atom is 0.407 e. The summed E-state index contributed by atoms with van der Waals surface area (Å²) in [6, 6.07) is 5.30. The molecule has 2 aromatic carbocycles. The fraction of sp³-hybridized carbons (Fsp3) is 0.476. The van der Waals surface area contributed by atoms with Crippen molar-refractivity contribution in [3.8, 4) is 33.6 Å². The van der Waals surface area contributed by atoms with E-state index in [0.717, 1.165) is 12.1 Å². The minimum absolute atomic E-state index is 0.0490. The molecule has 2 fully saturated rings. The number of halogens is 4. The first-order valence-corrected chi connectivity index (χ1v) is 19.9. The van der Waals surface area contributed by atoms with Crippen LogP contribution in [0.2, 0.25) is 0 Å². The summed E-state index contributed by atoms with van der Waals surface area (Å²) in [5, 5.41) is 5.18. The third-order valence-electron chi connectivity index (χ3n) is 11.7. The maximum atomic E-state index is 16.1. The Balaban J connectivity index is 1.14. The lowest BCUT2D eigenvalue weighted by atomic mass is 9.79. The summed E-state index contributed by atoms with van der Waals surface area (Å²) in [5.74, 6) is -9.54. The number of nitrogens with zero attached hydrogens (tertiary/aromatic N) is 4. The van der Waals surface area contributed by atoms with Gasteiger partial charge < -0.3 is 39.9 Å². The number of carbonyl (C=O) groups excluding carboxylic acids is 4. The molecule has 2 aliphatic heterocycles. The van der Waals surface area contributed by atoms with Crippen molar-refractivity contribution in [2.24, 2.45) is 11.8 Å². The molecular weight excluding hydrogens is 789 g/mol. The number of benzene rings is 2. The molecule has 0 bridgehead atoms. The van der Waals surface area contributed by atoms with E-state index in [1.54, 1.807) is 49.6 Å². The Morgan fingerprint density at radius 3 is 1.42 bits per heavy atom. The Bertz CT molecular complexity index is 2130. The molecule has 7 rings (SSSR count). The summed E-state index contributed by atoms with van der Waals surface area (Å²) < 4.78 is 73.9. The van der Waals surface area contributed by atoms with Crippen molar-refractivity contribution in [2.75, 3.05) is 27.3 Å². The predicted molar refractivity (Wildman–Crippen MR) is 211 cm³/mol. The summed E-state index contributed by atoms with van der Waals surface area (Å²) in [6.45, 7) is 8.00. The highest BCUT2D eigenvalue weighted by Crippen LogP contribution is 2.58. The second-order valence-electron chi connectivity index (χ2n) is 16.1. The lowest BCUT2D eigenvalue weighted by Gasteiger charge is -2.35. The number of carbonyl (C=O) groups is 4. The van der Waals surface area contributed by atoms with Crippen LogP contribution in [0.15, 0.2) is 48.8 Å². The first kappa shape index (κ1) is 42.2. The highest BCUT2D eigenvalue weighted by atomic mass is 19.3. The van der Waals surface area contributed by atoms with Crippen molar-refractivity contribution in [3.05, 3.63) is 71.6 Å². The van der Waals surface area contributed by atoms with E-state index in [4.69, 9.17) is 9.47 Å². The molecule has 0 spiro atoms. The van der Waals surface area contributed by atoms with E-state index in [9.17, 15) is 19.2 Å². The number of rotatable bonds is 10. The number of methoxy groups -OCH3 is 2. The first-order chi connectivity index (χ1) is 28.5. The molecule has 4 heterocycles. The van der Waals surface area contributed by atoms with Gasteiger partial charge in [0.2, 0.25) is 11.8 Å². The van der Waals surface area contributed by atoms with Gasteiger partial charge in [0.05, 0.1) is 50.1 Å². The number of ether oxygens (including phenoxy) is 2. The van der Waals surface area contributed by atoms with Crippen molar-refractivity contribution < 1.29 is 46.2 Å². The molecule has 3 aliphatic rings. The lowest BCUT2D eigenvalue weighted by Crippen LogP contribution is -2.51. The Labute approximate surface area is 343 Å². The predicted octanol–water partition coefficient (Wildman–Crippen LogP) is 7.42. The average molecular weight is 837 g/mol. The van der Waals surface area contributed by atoms with Gasteiger partial charge in [0, 0.05) is 35.3 Å². The number of alkyl carbamates (subject to hydrolysis) is 2. The van der Waals surface area contributed by atoms with Gasteiger partial charge in [-0.05, 0) is 60.8 Å². The molecular formula is C42H48F4N8O6. The SMILES string of the molecule is COC(=O)N[C@H](C(=O)N1CCCC1c1ncc(-c2ccc3c(c2)C(F)(F)C(F)(F)c2cc(-c4cnc(C5CCCN5C(=O)[C@@H](NC(=O)OC)C(C)C)[nH]4)ccc2-3)[nH]1)C(C)C. The number of fused-ring (bicyclic) bond motifs is 3. The Kier molecular flexibility index (Phi) is 11.4. The number of imidazole rings is 2. The number of aromatic nitrogens is 4. The van der Waals surface area contributed by atoms with Crippen LogP contribution in [-0.2, 0) is 30.9 Å². The van der Waals surface area contributed by atoms with Gasteiger partial charge in [0.15, 0.2) is 0 Å². The minimum Gasteiger partial charge on any atom is -0.453 e. The monoisotopic (exact) mass is 836 g/mol. The third kappa shape index (κ3) is 7.44. The normalized spacial score (nSPS) is 20.1. The molecule has 1 aliphatic carbocycles. The van der Waals surface area contributed by atoms with E-state index in [2.05, 4.69) is 30.6 Å². The van der Waals surface area contributed by atoms with Crippen LogP contribution in [-0.4, -0.2) is 93.1 Å². The van der Waals surface area contributed by atoms with Gasteiger partial charge in [0.1, 0.15) is 23.7 Å². The molecule has 0 saturated carbocycles. The summed E-state index contributed by atoms with van der Waals surface area (Å²) in [7, 11) is 2.42. The van der Waals surface area contributed by atoms with E-state index >= 15 is 17.6 Å². The van der Waals surface area contributed by atoms with Gasteiger partial charge in [0.25, 0.3) is 0 Å². The number of H-pyrrole nitrogens is 2. The van der Waals surface area contributed by atoms with E-state index in [1.165, 1.54) is 38.7 Å². The Morgan fingerprint density at radius 2 is 1.07 bits per heavy atom. The van der Waals surface area contributed by atoms with Crippen LogP contribution in [0.25, 0.3) is 33.6 Å². The van der Waals surface area contributed by atoms with Crippen molar-refractivity contribution >= 4 is 24.0 Å². The fourth-order valence-corrected chi connectivity index (χ4v) is 8.44. The van der Waals surface area contributed by atoms with Gasteiger partial charge in [-0.15, -0.1) is 0 Å². The molecule has 4 aromatic rings. The first-order valence-electron chi connectivity index (χ1n) is 19.9. The number of amides is 4. The molecule has 2 unspecified atom stereocenters. The minimum atomic E-state index is -4.60. The zero-order chi connectivity index (χ0) is 43.3. The Hall–Kier alpha value is -5.94. The van der Waals surface area contributed by atoms with E-state index < -0.39 is 59.3 Å². The third-order valence-corrected chi connectivity index (χ3v) is 11.7. The molecule has 2 saturated heterocycles. The molecule has 4 N–H and O–H groups in total. The number of hydrogen-bond acceptors (Lipinski definition) is 8. The fourth-order valence-electron chi connectivity index (χ4n) is 8.44. The summed E-state index contributed by atoms with van der Waals surface area (Å²) in [6.07, 6.45) is 3.81. The zero-order valence-corrected chi connectivity index (χ0v) is 34.1. The largest absolute Gasteiger partial charge is 0.453 e. The maximum absolute atomic E-state index is 16.1. The molecule has 320 valence electrons. The van der Waals surface area contributed by atoms with Crippen LogP contribution < -0.4 is 10.6 Å². The number of alkyl halides is 4. The van der Waals surface area contributed by atoms with Crippen LogP contribution in [0.1, 0.15) is 88.2 Å². The topological polar surface area (TPSA) is 175 Å². The molecule has 4 atom stereocenters. The van der Waals surface area contributed by atoms with E-state index in [0.29, 0.717) is 61.8 Å². The van der Waals surface area contributed by atoms with Crippen LogP contribution in [0.5, 0.6) is 0 Å². The van der Waals surface area contributed by atoms with Crippen molar-refractivity contribution in [1.82, 2.24) is 40.4 Å². The standard InChI is InChI=1S/C42H48F4N8O6/c1-21(2)33(51-39(57)59-5)37(55)53-15-7-9-31(53)35-47-19-29(49-35)23-11-13-25-26-14-12-24(18-28(26)42(45,46)41(43,44)27(25)17-23)30-20-48-36(50-30)32-10-8-16-54(32)38(56)34(22(3)4)52-40(58)60-6/h11-14,17-22,31-34H,7-10,15-16H2,1-6H3,(H,47,49)(H,48,50)(H,51,57)(H,52,58)/t31?,32?,33-,34-/m0/s1. The molecule has 18 heteroatoms. The molecule has 60 heavy (non-hydrogen) atoms. The van der Waals surface area contributed by atoms with Gasteiger partial charge in [-0.1, -0.05) is 52.0 Å². The second kappa shape index (κ2) is 16.3. The van der Waals surface area contributed by atoms with E-state index in [1.807, 2.05) is 0 Å². The van der Waals surface area contributed by atoms with Gasteiger partial charge in [-0.3, -0.25) is 9.59 Å². The van der Waals surface area contributed by atoms with Gasteiger partial charge in [-0.2, -0.15) is 17.6 Å². The molecule has 2 aromatic heterocycles. The smallest absolute Gasteiger partial charge is 0.407 e. The molecule has 4 amide bonds. The summed E-state index contributed by atoms with van der Waals surface area (Å²) in [5.41, 5.74) is -0.768. The number of likely N-dealkylation sites (tertiary alicyclic amines) is 2. The van der Waals surface area contributed by atoms with Gasteiger partial charge >= 0.3 is 24.0 Å². The van der Waals surface area contributed by atoms with Gasteiger partial charge in [-0.25, -0.2) is 19.6 Å². The van der Waals surface area contributed by atoms with E-state index in [-0.39, 0.29) is 45.9 Å². The van der Waals surface area contributed by atoms with Crippen LogP contribution in [0, 0.1) is 11.8 Å². The van der Waals surface area contributed by atoms with Crippen molar-refractivity contribution in [2.45, 2.75) is 89.4 Å². The molecule has 0 radical (unpaired) electrons. The molecule has 14 nitrogen and oxygen atoms in total. The van der Waals surface area contributed by atoms with Crippen molar-refractivity contribution in [1.29, 1.82) is 0 Å². The lowest BCUT2D eigenvalue weighted by molar-refractivity contribution is -0.225. The van der Waals surface area contributed by atoms with Crippen LogP contribution in [0.3, 0.4) is 0 Å². The summed E-state index contributed by atoms with van der Waals surface area (Å²) >= 11 is 0. The van der Waals surface area contributed by atoms with Crippen LogP contribution >= 0.6 is 0 Å².